The number of rotatable bonds is 41. The van der Waals surface area contributed by atoms with Gasteiger partial charge in [-0.15, -0.1) is 0 Å². The minimum Gasteiger partial charge on any atom is -0.462 e. The number of unbranched alkanes of at least 4 members (excludes halogenated alkanes) is 22. The lowest BCUT2D eigenvalue weighted by atomic mass is 9.85. The molecule has 4 unspecified atom stereocenters. The summed E-state index contributed by atoms with van der Waals surface area (Å²) in [5, 5.41) is 21.8. The number of carbonyl (C=O) groups excluding carboxylic acids is 2. The van der Waals surface area contributed by atoms with Crippen LogP contribution in [0.25, 0.3) is 0 Å². The number of carbonyl (C=O) groups is 2. The SMILES string of the molecule is CCCCCCCCCCCCCCCC(=O)O[C@H](COC(=O)CCCCCCCCCCCCCN)COP(=O)(O)OC1C(O)[C@@H](OP(=O)(O)O)C(OP(=O)(O)O)[C@@H](OP(=O)(O)O)[C@H]1O. The first kappa shape index (κ1) is 63.3. The lowest BCUT2D eigenvalue weighted by Crippen LogP contribution is -2.65. The van der Waals surface area contributed by atoms with Crippen LogP contribution in [0, 0.1) is 0 Å². The van der Waals surface area contributed by atoms with Gasteiger partial charge in [0.15, 0.2) is 6.10 Å². The molecule has 0 radical (unpaired) electrons. The Bertz CT molecular complexity index is 1470. The molecule has 0 aromatic carbocycles. The highest BCUT2D eigenvalue weighted by Gasteiger charge is 2.59. The van der Waals surface area contributed by atoms with Crippen LogP contribution in [0.2, 0.25) is 0 Å². The van der Waals surface area contributed by atoms with Gasteiger partial charge in [-0.3, -0.25) is 32.2 Å². The number of nitrogens with two attached hydrogens (primary N) is 1. The summed E-state index contributed by atoms with van der Waals surface area (Å²) in [5.41, 5.74) is 5.52. The normalized spacial score (nSPS) is 21.9. The van der Waals surface area contributed by atoms with Crippen LogP contribution in [0.1, 0.15) is 174 Å². The van der Waals surface area contributed by atoms with Gasteiger partial charge in [0.2, 0.25) is 0 Å². The number of hydrogen-bond acceptors (Lipinski definition) is 16. The first-order valence-electron chi connectivity index (χ1n) is 23.3. The van der Waals surface area contributed by atoms with E-state index in [0.717, 1.165) is 83.5 Å². The monoisotopic (exact) mass is 1040 g/mol. The number of hydrogen-bond donors (Lipinski definition) is 10. The van der Waals surface area contributed by atoms with Gasteiger partial charge in [-0.25, -0.2) is 18.3 Å². The molecule has 1 fully saturated rings. The fourth-order valence-electron chi connectivity index (χ4n) is 7.39. The van der Waals surface area contributed by atoms with Gasteiger partial charge in [-0.05, 0) is 25.8 Å². The van der Waals surface area contributed by atoms with E-state index in [1.54, 1.807) is 0 Å². The van der Waals surface area contributed by atoms with Gasteiger partial charge in [0.05, 0.1) is 6.61 Å². The van der Waals surface area contributed by atoms with Gasteiger partial charge in [0.25, 0.3) is 0 Å². The maximum absolute atomic E-state index is 13.2. The van der Waals surface area contributed by atoms with E-state index in [0.29, 0.717) is 19.4 Å². The van der Waals surface area contributed by atoms with Crippen molar-refractivity contribution >= 4 is 43.2 Å². The summed E-state index contributed by atoms with van der Waals surface area (Å²) in [5.74, 6) is -1.41. The van der Waals surface area contributed by atoms with Gasteiger partial charge < -0.3 is 59.7 Å². The molecule has 8 atom stereocenters. The van der Waals surface area contributed by atoms with Crippen LogP contribution in [0.15, 0.2) is 0 Å². The first-order valence-corrected chi connectivity index (χ1v) is 29.4. The highest BCUT2D eigenvalue weighted by Crippen LogP contribution is 2.53. The summed E-state index contributed by atoms with van der Waals surface area (Å²) in [6.07, 6.45) is 7.11. The smallest absolute Gasteiger partial charge is 0.462 e. The molecule has 0 heterocycles. The van der Waals surface area contributed by atoms with E-state index >= 15 is 0 Å². The number of phosphoric acid groups is 4. The maximum Gasteiger partial charge on any atom is 0.472 e. The van der Waals surface area contributed by atoms with Crippen molar-refractivity contribution in [3.05, 3.63) is 0 Å². The molecule has 23 nitrogen and oxygen atoms in total. The summed E-state index contributed by atoms with van der Waals surface area (Å²) in [4.78, 5) is 92.6. The summed E-state index contributed by atoms with van der Waals surface area (Å²) in [6, 6.07) is 0. The largest absolute Gasteiger partial charge is 0.472 e. The van der Waals surface area contributed by atoms with Crippen LogP contribution in [-0.2, 0) is 59.9 Å². The number of phosphoric ester groups is 4. The van der Waals surface area contributed by atoms with Crippen LogP contribution < -0.4 is 5.73 Å². The van der Waals surface area contributed by atoms with Crippen LogP contribution in [0.3, 0.4) is 0 Å². The predicted molar refractivity (Wildman–Crippen MR) is 239 cm³/mol. The molecule has 0 aromatic heterocycles. The average Bonchev–Trinajstić information content (AvgIpc) is 3.21. The highest BCUT2D eigenvalue weighted by molar-refractivity contribution is 7.47. The number of aliphatic hydroxyl groups excluding tert-OH is 2. The third-order valence-corrected chi connectivity index (χ3v) is 13.3. The fourth-order valence-corrected chi connectivity index (χ4v) is 10.0. The minimum absolute atomic E-state index is 0.0309. The number of esters is 2. The maximum atomic E-state index is 13.2. The number of ether oxygens (including phenoxy) is 2. The molecule has 392 valence electrons. The van der Waals surface area contributed by atoms with E-state index in [9.17, 15) is 72.3 Å². The Kier molecular flexibility index (Phi) is 33.1. The molecular formula is C39H79NO22P4. The molecule has 0 spiro atoms. The van der Waals surface area contributed by atoms with Crippen LogP contribution >= 0.6 is 31.3 Å². The zero-order chi connectivity index (χ0) is 49.7. The molecule has 1 aliphatic carbocycles. The van der Waals surface area contributed by atoms with Crippen molar-refractivity contribution in [2.24, 2.45) is 5.73 Å². The van der Waals surface area contributed by atoms with E-state index < -0.39 is 99.2 Å². The standard InChI is InChI=1S/C39H79NO22P4/c1-2-3-4-5-6-7-8-9-11-15-18-21-24-27-33(42)58-31(29-56-32(41)26-23-20-17-14-12-10-13-16-19-22-25-28-40)30-57-66(54,55)62-36-34(43)37(59-63(45,46)47)39(61-65(51,52)53)38(35(36)44)60-64(48,49)50/h31,34-39,43-44H,2-30,40H2,1H3,(H,54,55)(H2,45,46,47)(H2,48,49,50)(H2,51,52,53)/t31-,34+,35?,36?,37+,38-,39?/m1/s1. The predicted octanol–water partition coefficient (Wildman–Crippen LogP) is 6.23. The molecule has 27 heteroatoms. The summed E-state index contributed by atoms with van der Waals surface area (Å²) in [6.45, 7) is 1.25. The Labute approximate surface area is 388 Å². The molecule has 1 rings (SSSR count). The molecule has 0 saturated heterocycles. The highest BCUT2D eigenvalue weighted by atomic mass is 31.2. The molecule has 0 aromatic rings. The van der Waals surface area contributed by atoms with E-state index in [2.05, 4.69) is 20.5 Å². The second kappa shape index (κ2) is 34.6. The Balaban J connectivity index is 2.93. The molecule has 1 aliphatic rings. The van der Waals surface area contributed by atoms with Gasteiger partial charge >= 0.3 is 43.2 Å². The van der Waals surface area contributed by atoms with Gasteiger partial charge in [-0.1, -0.05) is 142 Å². The zero-order valence-corrected chi connectivity index (χ0v) is 41.8. The Morgan fingerprint density at radius 2 is 0.818 bits per heavy atom. The lowest BCUT2D eigenvalue weighted by Gasteiger charge is -2.45. The summed E-state index contributed by atoms with van der Waals surface area (Å²) in [7, 11) is -23.0. The Hall–Kier alpha value is -0.740. The molecule has 1 saturated carbocycles. The van der Waals surface area contributed by atoms with Gasteiger partial charge in [0.1, 0.15) is 43.2 Å². The third kappa shape index (κ3) is 32.2. The molecule has 0 aliphatic heterocycles. The molecule has 66 heavy (non-hydrogen) atoms. The fraction of sp³-hybridized carbons (Fsp3) is 0.949. The van der Waals surface area contributed by atoms with Gasteiger partial charge in [-0.2, -0.15) is 0 Å². The zero-order valence-electron chi connectivity index (χ0n) is 38.2. The van der Waals surface area contributed by atoms with Gasteiger partial charge in [0, 0.05) is 12.8 Å². The van der Waals surface area contributed by atoms with E-state index in [-0.39, 0.29) is 12.8 Å². The van der Waals surface area contributed by atoms with E-state index in [1.807, 2.05) is 0 Å². The number of aliphatic hydroxyl groups is 2. The van der Waals surface area contributed by atoms with Crippen LogP contribution in [0.5, 0.6) is 0 Å². The van der Waals surface area contributed by atoms with Crippen molar-refractivity contribution in [1.29, 1.82) is 0 Å². The van der Waals surface area contributed by atoms with E-state index in [1.165, 1.54) is 57.8 Å². The molecule has 11 N–H and O–H groups in total. The van der Waals surface area contributed by atoms with Crippen molar-refractivity contribution in [3.8, 4) is 0 Å². The topological polar surface area (TPSA) is 375 Å². The summed E-state index contributed by atoms with van der Waals surface area (Å²) < 4.78 is 82.0. The minimum atomic E-state index is -5.78. The lowest BCUT2D eigenvalue weighted by molar-refractivity contribution is -0.209. The third-order valence-electron chi connectivity index (χ3n) is 10.7. The van der Waals surface area contributed by atoms with E-state index in [4.69, 9.17) is 24.3 Å². The van der Waals surface area contributed by atoms with Crippen molar-refractivity contribution in [2.75, 3.05) is 19.8 Å². The molecule has 0 amide bonds. The molecular weight excluding hydrogens is 958 g/mol. The Morgan fingerprint density at radius 1 is 0.470 bits per heavy atom. The second-order valence-corrected chi connectivity index (χ2v) is 21.7. The summed E-state index contributed by atoms with van der Waals surface area (Å²) >= 11 is 0. The quantitative estimate of drug-likeness (QED) is 0.0184. The van der Waals surface area contributed by atoms with Crippen molar-refractivity contribution in [2.45, 2.75) is 217 Å². The molecule has 0 bridgehead atoms. The van der Waals surface area contributed by atoms with Crippen molar-refractivity contribution in [3.63, 3.8) is 0 Å². The van der Waals surface area contributed by atoms with Crippen LogP contribution in [-0.4, -0.2) is 119 Å². The first-order chi connectivity index (χ1) is 31.0. The van der Waals surface area contributed by atoms with Crippen molar-refractivity contribution < 1.29 is 104 Å². The average molecular weight is 1040 g/mol. The Morgan fingerprint density at radius 3 is 1.20 bits per heavy atom. The van der Waals surface area contributed by atoms with Crippen molar-refractivity contribution in [1.82, 2.24) is 0 Å². The van der Waals surface area contributed by atoms with Crippen LogP contribution in [0.4, 0.5) is 0 Å². The second-order valence-electron chi connectivity index (χ2n) is 16.7.